The molecule has 1 fully saturated rings. The predicted octanol–water partition coefficient (Wildman–Crippen LogP) is 1.15. The largest absolute Gasteiger partial charge is 0.361 e. The standard InChI is InChI=1S/C17H25N5O5S/c1-11-14(12(2)26-19-11)5-6-16(23)21-8-7-15(17-18-13(3)20-27-17)22(10-9-21)28(4,24)25/h15H,5-10H2,1-4H3. The monoisotopic (exact) mass is 411 g/mol. The van der Waals surface area contributed by atoms with Gasteiger partial charge in [0.2, 0.25) is 21.8 Å². The van der Waals surface area contributed by atoms with Crippen LogP contribution in [0.5, 0.6) is 0 Å². The number of nitrogens with zero attached hydrogens (tertiary/aromatic N) is 5. The van der Waals surface area contributed by atoms with Gasteiger partial charge in [0.25, 0.3) is 0 Å². The lowest BCUT2D eigenvalue weighted by molar-refractivity contribution is -0.131. The van der Waals surface area contributed by atoms with Crippen LogP contribution in [0.3, 0.4) is 0 Å². The van der Waals surface area contributed by atoms with E-state index in [1.807, 2.05) is 13.8 Å². The molecule has 2 aromatic heterocycles. The molecule has 10 nitrogen and oxygen atoms in total. The highest BCUT2D eigenvalue weighted by Gasteiger charge is 2.35. The molecule has 3 rings (SSSR count). The Labute approximate surface area is 163 Å². The van der Waals surface area contributed by atoms with E-state index in [-0.39, 0.29) is 18.3 Å². The fourth-order valence-corrected chi connectivity index (χ4v) is 4.57. The first-order valence-electron chi connectivity index (χ1n) is 9.13. The molecule has 3 heterocycles. The van der Waals surface area contributed by atoms with Crippen molar-refractivity contribution in [1.82, 2.24) is 24.5 Å². The second-order valence-corrected chi connectivity index (χ2v) is 8.98. The molecule has 0 N–H and O–H groups in total. The van der Waals surface area contributed by atoms with Crippen molar-refractivity contribution in [3.8, 4) is 0 Å². The summed E-state index contributed by atoms with van der Waals surface area (Å²) in [6.45, 7) is 6.27. The average Bonchev–Trinajstić information content (AvgIpc) is 3.09. The third kappa shape index (κ3) is 4.41. The Bertz CT molecular complexity index is 932. The zero-order chi connectivity index (χ0) is 20.5. The number of carbonyl (C=O) groups excluding carboxylic acids is 1. The van der Waals surface area contributed by atoms with Crippen molar-refractivity contribution in [2.24, 2.45) is 0 Å². The second-order valence-electron chi connectivity index (χ2n) is 7.04. The maximum atomic E-state index is 12.7. The van der Waals surface area contributed by atoms with Gasteiger partial charge >= 0.3 is 0 Å². The highest BCUT2D eigenvalue weighted by atomic mass is 32.2. The molecular weight excluding hydrogens is 386 g/mol. The van der Waals surface area contributed by atoms with Crippen molar-refractivity contribution < 1.29 is 22.3 Å². The summed E-state index contributed by atoms with van der Waals surface area (Å²) in [7, 11) is -3.50. The van der Waals surface area contributed by atoms with Crippen molar-refractivity contribution >= 4 is 15.9 Å². The van der Waals surface area contributed by atoms with Gasteiger partial charge < -0.3 is 13.9 Å². The van der Waals surface area contributed by atoms with Gasteiger partial charge in [0.1, 0.15) is 11.8 Å². The Kier molecular flexibility index (Phi) is 5.84. The highest BCUT2D eigenvalue weighted by Crippen LogP contribution is 2.28. The summed E-state index contributed by atoms with van der Waals surface area (Å²) < 4.78 is 36.2. The summed E-state index contributed by atoms with van der Waals surface area (Å²) in [4.78, 5) is 18.6. The minimum Gasteiger partial charge on any atom is -0.361 e. The van der Waals surface area contributed by atoms with Crippen LogP contribution in [0.2, 0.25) is 0 Å². The Hall–Kier alpha value is -2.27. The Morgan fingerprint density at radius 1 is 1.14 bits per heavy atom. The van der Waals surface area contributed by atoms with Gasteiger partial charge in [-0.1, -0.05) is 10.3 Å². The Morgan fingerprint density at radius 3 is 2.46 bits per heavy atom. The van der Waals surface area contributed by atoms with Crippen LogP contribution in [-0.2, 0) is 21.2 Å². The molecule has 0 aromatic carbocycles. The number of amides is 1. The quantitative estimate of drug-likeness (QED) is 0.718. The Balaban J connectivity index is 1.71. The van der Waals surface area contributed by atoms with E-state index < -0.39 is 16.1 Å². The average molecular weight is 411 g/mol. The maximum absolute atomic E-state index is 12.7. The lowest BCUT2D eigenvalue weighted by Gasteiger charge is -2.24. The second kappa shape index (κ2) is 8.00. The fourth-order valence-electron chi connectivity index (χ4n) is 3.50. The van der Waals surface area contributed by atoms with Crippen molar-refractivity contribution in [3.05, 3.63) is 28.7 Å². The lowest BCUT2D eigenvalue weighted by Crippen LogP contribution is -2.38. The highest BCUT2D eigenvalue weighted by molar-refractivity contribution is 7.88. The minimum atomic E-state index is -3.50. The van der Waals surface area contributed by atoms with E-state index in [9.17, 15) is 13.2 Å². The zero-order valence-electron chi connectivity index (χ0n) is 16.5. The number of hydrogen-bond acceptors (Lipinski definition) is 8. The fraction of sp³-hybridized carbons (Fsp3) is 0.647. The van der Waals surface area contributed by atoms with Gasteiger partial charge in [0.05, 0.1) is 11.9 Å². The van der Waals surface area contributed by atoms with Gasteiger partial charge in [-0.2, -0.15) is 9.29 Å². The first-order valence-corrected chi connectivity index (χ1v) is 11.0. The molecule has 1 atom stereocenters. The van der Waals surface area contributed by atoms with E-state index in [2.05, 4.69) is 15.3 Å². The molecule has 0 spiro atoms. The number of rotatable bonds is 5. The molecule has 11 heteroatoms. The van der Waals surface area contributed by atoms with Gasteiger partial charge in [-0.15, -0.1) is 0 Å². The predicted molar refractivity (Wildman–Crippen MR) is 98.8 cm³/mol. The SMILES string of the molecule is Cc1noc(C2CCN(C(=O)CCc3c(C)noc3C)CCN2S(C)(=O)=O)n1. The molecule has 2 aromatic rings. The molecule has 0 bridgehead atoms. The van der Waals surface area contributed by atoms with Crippen molar-refractivity contribution in [3.63, 3.8) is 0 Å². The van der Waals surface area contributed by atoms with Crippen molar-refractivity contribution in [2.45, 2.75) is 46.1 Å². The summed E-state index contributed by atoms with van der Waals surface area (Å²) >= 11 is 0. The number of hydrogen-bond donors (Lipinski definition) is 0. The zero-order valence-corrected chi connectivity index (χ0v) is 17.3. The summed E-state index contributed by atoms with van der Waals surface area (Å²) in [6.07, 6.45) is 2.40. The third-order valence-corrected chi connectivity index (χ3v) is 6.28. The van der Waals surface area contributed by atoms with E-state index in [1.54, 1.807) is 11.8 Å². The van der Waals surface area contributed by atoms with E-state index in [1.165, 1.54) is 4.31 Å². The molecule has 28 heavy (non-hydrogen) atoms. The first-order chi connectivity index (χ1) is 13.2. The molecule has 1 unspecified atom stereocenters. The van der Waals surface area contributed by atoms with Gasteiger partial charge in [0, 0.05) is 31.6 Å². The van der Waals surface area contributed by atoms with Crippen molar-refractivity contribution in [2.75, 3.05) is 25.9 Å². The topological polar surface area (TPSA) is 123 Å². The molecule has 1 aliphatic rings. The van der Waals surface area contributed by atoms with E-state index in [0.29, 0.717) is 38.2 Å². The number of aromatic nitrogens is 3. The summed E-state index contributed by atoms with van der Waals surface area (Å²) in [5, 5.41) is 7.67. The van der Waals surface area contributed by atoms with Crippen LogP contribution in [0.25, 0.3) is 0 Å². The molecular formula is C17H25N5O5S. The van der Waals surface area contributed by atoms with Crippen molar-refractivity contribution in [1.29, 1.82) is 0 Å². The lowest BCUT2D eigenvalue weighted by atomic mass is 10.1. The maximum Gasteiger partial charge on any atom is 0.245 e. The van der Waals surface area contributed by atoms with Crippen LogP contribution in [0.15, 0.2) is 9.05 Å². The molecule has 1 amide bonds. The number of aryl methyl sites for hydroxylation is 3. The third-order valence-electron chi connectivity index (χ3n) is 4.99. The van der Waals surface area contributed by atoms with Crippen LogP contribution in [0, 0.1) is 20.8 Å². The van der Waals surface area contributed by atoms with E-state index in [0.717, 1.165) is 23.3 Å². The van der Waals surface area contributed by atoms with Crippen LogP contribution in [0.4, 0.5) is 0 Å². The summed E-state index contributed by atoms with van der Waals surface area (Å²) in [5.41, 5.74) is 1.73. The van der Waals surface area contributed by atoms with E-state index in [4.69, 9.17) is 9.05 Å². The van der Waals surface area contributed by atoms with Gasteiger partial charge in [-0.25, -0.2) is 8.42 Å². The van der Waals surface area contributed by atoms with Crippen LogP contribution < -0.4 is 0 Å². The smallest absolute Gasteiger partial charge is 0.245 e. The first kappa shape index (κ1) is 20.5. The molecule has 0 aliphatic carbocycles. The summed E-state index contributed by atoms with van der Waals surface area (Å²) in [6, 6.07) is -0.573. The van der Waals surface area contributed by atoms with E-state index >= 15 is 0 Å². The number of sulfonamides is 1. The Morgan fingerprint density at radius 2 is 1.89 bits per heavy atom. The van der Waals surface area contributed by atoms with Crippen LogP contribution in [0.1, 0.15) is 47.6 Å². The van der Waals surface area contributed by atoms with Gasteiger partial charge in [-0.05, 0) is 33.6 Å². The van der Waals surface area contributed by atoms with Crippen LogP contribution >= 0.6 is 0 Å². The molecule has 1 saturated heterocycles. The minimum absolute atomic E-state index is 0.0317. The normalized spacial score (nSPS) is 19.0. The van der Waals surface area contributed by atoms with Gasteiger partial charge in [0.15, 0.2) is 5.82 Å². The summed E-state index contributed by atoms with van der Waals surface area (Å²) in [5.74, 6) is 1.39. The van der Waals surface area contributed by atoms with Gasteiger partial charge in [-0.3, -0.25) is 4.79 Å². The molecule has 0 radical (unpaired) electrons. The molecule has 1 aliphatic heterocycles. The molecule has 154 valence electrons. The van der Waals surface area contributed by atoms with Crippen LogP contribution in [-0.4, -0.2) is 64.7 Å². The number of carbonyl (C=O) groups is 1. The molecule has 0 saturated carbocycles.